The van der Waals surface area contributed by atoms with Crippen LogP contribution in [-0.2, 0) is 9.47 Å². The van der Waals surface area contributed by atoms with E-state index in [0.29, 0.717) is 11.1 Å². The van der Waals surface area contributed by atoms with Gasteiger partial charge in [0.25, 0.3) is 5.91 Å². The molecule has 6 nitrogen and oxygen atoms in total. The number of esters is 2. The van der Waals surface area contributed by atoms with Gasteiger partial charge >= 0.3 is 11.9 Å². The Bertz CT molecular complexity index is 898. The van der Waals surface area contributed by atoms with Crippen molar-refractivity contribution in [2.45, 2.75) is 53.8 Å². The average molecular weight is 404 g/mol. The van der Waals surface area contributed by atoms with Crippen molar-refractivity contribution in [1.82, 2.24) is 0 Å². The quantitative estimate of drug-likeness (QED) is 0.704. The number of thiophene rings is 1. The van der Waals surface area contributed by atoms with Gasteiger partial charge in [-0.1, -0.05) is 18.2 Å². The first-order chi connectivity index (χ1) is 13.1. The standard InChI is InChI=1S/C21H25NO5S/c1-11(2)26-20(24)16-14(6)17(21(25)27-12(3)4)28-19(16)22-18(23)15-10-8-7-9-13(15)5/h7-12H,1-6H3,(H,22,23). The Morgan fingerprint density at radius 2 is 1.50 bits per heavy atom. The minimum absolute atomic E-state index is 0.177. The third-order valence-electron chi connectivity index (χ3n) is 3.84. The molecule has 150 valence electrons. The fraction of sp³-hybridized carbons (Fsp3) is 0.381. The Balaban J connectivity index is 2.46. The van der Waals surface area contributed by atoms with Crippen molar-refractivity contribution >= 4 is 34.2 Å². The highest BCUT2D eigenvalue weighted by Crippen LogP contribution is 2.35. The third kappa shape index (κ3) is 4.98. The molecule has 0 unspecified atom stereocenters. The number of carbonyl (C=O) groups excluding carboxylic acids is 3. The van der Waals surface area contributed by atoms with Crippen LogP contribution >= 0.6 is 11.3 Å². The molecule has 1 amide bonds. The van der Waals surface area contributed by atoms with Gasteiger partial charge in [0.15, 0.2) is 0 Å². The predicted molar refractivity (Wildman–Crippen MR) is 109 cm³/mol. The van der Waals surface area contributed by atoms with Gasteiger partial charge in [-0.2, -0.15) is 0 Å². The van der Waals surface area contributed by atoms with Gasteiger partial charge in [0.05, 0.1) is 17.8 Å². The molecule has 0 atom stereocenters. The molecule has 0 aliphatic rings. The first kappa shape index (κ1) is 21.6. The summed E-state index contributed by atoms with van der Waals surface area (Å²) in [5.41, 5.74) is 1.90. The van der Waals surface area contributed by atoms with Gasteiger partial charge in [0, 0.05) is 5.56 Å². The first-order valence-electron chi connectivity index (χ1n) is 9.04. The zero-order chi connectivity index (χ0) is 21.0. The van der Waals surface area contributed by atoms with Crippen LogP contribution in [0.2, 0.25) is 0 Å². The van der Waals surface area contributed by atoms with Crippen LogP contribution in [0.5, 0.6) is 0 Å². The van der Waals surface area contributed by atoms with Crippen LogP contribution in [0.25, 0.3) is 0 Å². The smallest absolute Gasteiger partial charge is 0.348 e. The summed E-state index contributed by atoms with van der Waals surface area (Å²) in [6.45, 7) is 10.4. The van der Waals surface area contributed by atoms with Crippen molar-refractivity contribution in [1.29, 1.82) is 0 Å². The molecule has 0 bridgehead atoms. The first-order valence-corrected chi connectivity index (χ1v) is 9.85. The Labute approximate surface area is 168 Å². The molecule has 0 aliphatic carbocycles. The molecule has 0 fully saturated rings. The number of hydrogen-bond acceptors (Lipinski definition) is 6. The molecule has 2 rings (SSSR count). The van der Waals surface area contributed by atoms with Crippen LogP contribution in [0.15, 0.2) is 24.3 Å². The van der Waals surface area contributed by atoms with Gasteiger partial charge in [-0.3, -0.25) is 4.79 Å². The summed E-state index contributed by atoms with van der Waals surface area (Å²) in [6, 6.07) is 7.13. The second-order valence-electron chi connectivity index (χ2n) is 6.94. The number of hydrogen-bond donors (Lipinski definition) is 1. The third-order valence-corrected chi connectivity index (χ3v) is 5.03. The van der Waals surface area contributed by atoms with Crippen LogP contribution in [-0.4, -0.2) is 30.1 Å². The van der Waals surface area contributed by atoms with E-state index in [1.165, 1.54) is 0 Å². The second-order valence-corrected chi connectivity index (χ2v) is 7.96. The molecule has 2 aromatic rings. The van der Waals surface area contributed by atoms with Crippen LogP contribution in [0.4, 0.5) is 5.00 Å². The van der Waals surface area contributed by atoms with E-state index < -0.39 is 11.9 Å². The predicted octanol–water partition coefficient (Wildman–Crippen LogP) is 4.75. The summed E-state index contributed by atoms with van der Waals surface area (Å²) in [5, 5.41) is 3.03. The molecule has 28 heavy (non-hydrogen) atoms. The Morgan fingerprint density at radius 1 is 0.929 bits per heavy atom. The number of nitrogens with one attached hydrogen (secondary N) is 1. The fourth-order valence-electron chi connectivity index (χ4n) is 2.58. The van der Waals surface area contributed by atoms with Crippen molar-refractivity contribution in [3.05, 3.63) is 51.4 Å². The lowest BCUT2D eigenvalue weighted by Gasteiger charge is -2.11. The van der Waals surface area contributed by atoms with E-state index in [9.17, 15) is 14.4 Å². The zero-order valence-electron chi connectivity index (χ0n) is 16.9. The molecular formula is C21H25NO5S. The van der Waals surface area contributed by atoms with Gasteiger partial charge in [0.2, 0.25) is 0 Å². The fourth-order valence-corrected chi connectivity index (χ4v) is 3.65. The van der Waals surface area contributed by atoms with Crippen molar-refractivity contribution in [3.8, 4) is 0 Å². The molecular weight excluding hydrogens is 378 g/mol. The van der Waals surface area contributed by atoms with E-state index in [1.807, 2.05) is 19.1 Å². The van der Waals surface area contributed by atoms with Crippen molar-refractivity contribution in [2.75, 3.05) is 5.32 Å². The van der Waals surface area contributed by atoms with E-state index in [1.54, 1.807) is 46.8 Å². The largest absolute Gasteiger partial charge is 0.459 e. The van der Waals surface area contributed by atoms with Gasteiger partial charge in [0.1, 0.15) is 9.88 Å². The number of benzene rings is 1. The highest BCUT2D eigenvalue weighted by Gasteiger charge is 2.28. The maximum Gasteiger partial charge on any atom is 0.348 e. The van der Waals surface area contributed by atoms with E-state index >= 15 is 0 Å². The molecule has 1 N–H and O–H groups in total. The molecule has 0 saturated heterocycles. The lowest BCUT2D eigenvalue weighted by Crippen LogP contribution is -2.17. The summed E-state index contributed by atoms with van der Waals surface area (Å²) in [5.74, 6) is -1.48. The minimum Gasteiger partial charge on any atom is -0.459 e. The van der Waals surface area contributed by atoms with Crippen molar-refractivity contribution in [2.24, 2.45) is 0 Å². The normalized spacial score (nSPS) is 10.9. The molecule has 1 aromatic carbocycles. The van der Waals surface area contributed by atoms with Gasteiger partial charge in [-0.15, -0.1) is 11.3 Å². The summed E-state index contributed by atoms with van der Waals surface area (Å²) in [4.78, 5) is 38.0. The molecule has 0 aliphatic heterocycles. The van der Waals surface area contributed by atoms with E-state index in [-0.39, 0.29) is 33.6 Å². The Kier molecular flexibility index (Phi) is 6.96. The number of anilines is 1. The van der Waals surface area contributed by atoms with Crippen LogP contribution in [0.1, 0.15) is 69.2 Å². The summed E-state index contributed by atoms with van der Waals surface area (Å²) in [6.07, 6.45) is -0.636. The Morgan fingerprint density at radius 3 is 2.07 bits per heavy atom. The van der Waals surface area contributed by atoms with Crippen LogP contribution < -0.4 is 5.32 Å². The lowest BCUT2D eigenvalue weighted by atomic mass is 10.1. The highest BCUT2D eigenvalue weighted by atomic mass is 32.1. The van der Waals surface area contributed by atoms with E-state index in [0.717, 1.165) is 16.9 Å². The van der Waals surface area contributed by atoms with Crippen molar-refractivity contribution < 1.29 is 23.9 Å². The zero-order valence-corrected chi connectivity index (χ0v) is 17.7. The molecule has 0 spiro atoms. The summed E-state index contributed by atoms with van der Waals surface area (Å²) < 4.78 is 10.6. The monoisotopic (exact) mass is 403 g/mol. The number of ether oxygens (including phenoxy) is 2. The van der Waals surface area contributed by atoms with E-state index in [2.05, 4.69) is 5.32 Å². The van der Waals surface area contributed by atoms with E-state index in [4.69, 9.17) is 9.47 Å². The Hall–Kier alpha value is -2.67. The molecule has 0 saturated carbocycles. The topological polar surface area (TPSA) is 81.7 Å². The highest BCUT2D eigenvalue weighted by molar-refractivity contribution is 7.18. The van der Waals surface area contributed by atoms with Gasteiger partial charge in [-0.05, 0) is 58.7 Å². The lowest BCUT2D eigenvalue weighted by molar-refractivity contribution is 0.0378. The van der Waals surface area contributed by atoms with Crippen LogP contribution in [0, 0.1) is 13.8 Å². The SMILES string of the molecule is Cc1ccccc1C(=O)Nc1sc(C(=O)OC(C)C)c(C)c1C(=O)OC(C)C. The van der Waals surface area contributed by atoms with Crippen molar-refractivity contribution in [3.63, 3.8) is 0 Å². The molecule has 7 heteroatoms. The van der Waals surface area contributed by atoms with Crippen LogP contribution in [0.3, 0.4) is 0 Å². The number of rotatable bonds is 6. The summed E-state index contributed by atoms with van der Waals surface area (Å²) in [7, 11) is 0. The molecule has 0 radical (unpaired) electrons. The number of aryl methyl sites for hydroxylation is 1. The average Bonchev–Trinajstić information content (AvgIpc) is 2.90. The molecule has 1 heterocycles. The minimum atomic E-state index is -0.590. The number of carbonyl (C=O) groups is 3. The maximum absolute atomic E-state index is 12.7. The number of amides is 1. The maximum atomic E-state index is 12.7. The summed E-state index contributed by atoms with van der Waals surface area (Å²) >= 11 is 1.01. The second kappa shape index (κ2) is 9.01. The molecule has 1 aromatic heterocycles. The van der Waals surface area contributed by atoms with Gasteiger partial charge < -0.3 is 14.8 Å². The van der Waals surface area contributed by atoms with Gasteiger partial charge in [-0.25, -0.2) is 9.59 Å².